The highest BCUT2D eigenvalue weighted by Gasteiger charge is 2.51. The van der Waals surface area contributed by atoms with Crippen LogP contribution in [-0.2, 0) is 4.74 Å². The van der Waals surface area contributed by atoms with Crippen molar-refractivity contribution < 1.29 is 14.9 Å². The zero-order valence-corrected chi connectivity index (χ0v) is 20.9. The molecule has 1 heterocycles. The van der Waals surface area contributed by atoms with Gasteiger partial charge in [0.1, 0.15) is 0 Å². The summed E-state index contributed by atoms with van der Waals surface area (Å²) < 4.78 is 5.80. The maximum absolute atomic E-state index is 10.0. The summed E-state index contributed by atoms with van der Waals surface area (Å²) >= 11 is 0. The Balaban J connectivity index is 1.45. The molecule has 7 atom stereocenters. The van der Waals surface area contributed by atoms with E-state index in [2.05, 4.69) is 44.7 Å². The molecular weight excluding hydrogens is 398 g/mol. The molecule has 4 nitrogen and oxygen atoms in total. The van der Waals surface area contributed by atoms with Gasteiger partial charge in [-0.05, 0) is 80.5 Å². The Bertz CT molecular complexity index is 689. The molecular formula is C28H47NO3. The summed E-state index contributed by atoms with van der Waals surface area (Å²) in [5.41, 5.74) is 3.25. The van der Waals surface area contributed by atoms with Crippen LogP contribution in [-0.4, -0.2) is 59.7 Å². The number of hydrogen-bond acceptors (Lipinski definition) is 4. The van der Waals surface area contributed by atoms with E-state index in [1.165, 1.54) is 44.2 Å². The summed E-state index contributed by atoms with van der Waals surface area (Å²) in [5, 5.41) is 20.1. The second-order valence-corrected chi connectivity index (χ2v) is 12.0. The van der Waals surface area contributed by atoms with Crippen LogP contribution >= 0.6 is 0 Å². The van der Waals surface area contributed by atoms with Crippen molar-refractivity contribution in [2.45, 2.75) is 97.3 Å². The van der Waals surface area contributed by atoms with Gasteiger partial charge in [0.25, 0.3) is 0 Å². The van der Waals surface area contributed by atoms with Crippen molar-refractivity contribution >= 4 is 0 Å². The first-order valence-electron chi connectivity index (χ1n) is 13.3. The molecule has 0 spiro atoms. The normalized spacial score (nSPS) is 41.2. The molecule has 4 fully saturated rings. The van der Waals surface area contributed by atoms with Crippen molar-refractivity contribution in [3.63, 3.8) is 0 Å². The Labute approximate surface area is 196 Å². The van der Waals surface area contributed by atoms with Gasteiger partial charge in [-0.2, -0.15) is 0 Å². The average molecular weight is 446 g/mol. The van der Waals surface area contributed by atoms with E-state index in [1.807, 2.05) is 0 Å². The molecule has 0 bridgehead atoms. The molecule has 182 valence electrons. The Kier molecular flexibility index (Phi) is 7.86. The van der Waals surface area contributed by atoms with Gasteiger partial charge in [0.2, 0.25) is 0 Å². The Hall–Kier alpha value is -0.680. The summed E-state index contributed by atoms with van der Waals surface area (Å²) in [6.07, 6.45) is 12.4. The molecule has 32 heavy (non-hydrogen) atoms. The average Bonchev–Trinajstić information content (AvgIpc) is 3.09. The SMILES string of the molecule is CC(CN1CCOC[C@H]1C(C)C)[C@H]1CC[C@H]2/C(=C/C=C3C[C@@H](O)C[C@H](O)C3)CCC[C@]12C. The quantitative estimate of drug-likeness (QED) is 0.628. The van der Waals surface area contributed by atoms with Gasteiger partial charge in [0.15, 0.2) is 0 Å². The first-order chi connectivity index (χ1) is 15.3. The van der Waals surface area contributed by atoms with Crippen molar-refractivity contribution in [2.24, 2.45) is 29.1 Å². The first-order valence-corrected chi connectivity index (χ1v) is 13.3. The van der Waals surface area contributed by atoms with Gasteiger partial charge in [-0.15, -0.1) is 0 Å². The van der Waals surface area contributed by atoms with Gasteiger partial charge < -0.3 is 14.9 Å². The van der Waals surface area contributed by atoms with Gasteiger partial charge in [-0.1, -0.05) is 51.0 Å². The van der Waals surface area contributed by atoms with E-state index in [0.717, 1.165) is 38.5 Å². The highest BCUT2D eigenvalue weighted by molar-refractivity contribution is 5.26. The lowest BCUT2D eigenvalue weighted by Gasteiger charge is -2.46. The predicted molar refractivity (Wildman–Crippen MR) is 130 cm³/mol. The topological polar surface area (TPSA) is 52.9 Å². The molecule has 0 aromatic carbocycles. The molecule has 1 saturated heterocycles. The standard InChI is InChI=1S/C28H47NO3/c1-19(2)27-18-32-13-12-29(27)17-20(3)25-9-10-26-22(6-5-11-28(25,26)4)8-7-21-14-23(30)16-24(31)15-21/h7-8,19-20,23-27,30-31H,5-6,9-18H2,1-4H3/b22-8+/t20?,23-,24-,25-,26+,27+,28-/m1/s1. The summed E-state index contributed by atoms with van der Waals surface area (Å²) in [4.78, 5) is 2.72. The van der Waals surface area contributed by atoms with Gasteiger partial charge >= 0.3 is 0 Å². The van der Waals surface area contributed by atoms with E-state index in [4.69, 9.17) is 4.74 Å². The van der Waals surface area contributed by atoms with E-state index in [0.29, 0.717) is 35.6 Å². The van der Waals surface area contributed by atoms with Crippen molar-refractivity contribution in [3.8, 4) is 0 Å². The largest absolute Gasteiger partial charge is 0.393 e. The minimum absolute atomic E-state index is 0.383. The fraction of sp³-hybridized carbons (Fsp3) is 0.857. The number of aliphatic hydroxyl groups is 2. The Morgan fingerprint density at radius 2 is 1.88 bits per heavy atom. The third-order valence-corrected chi connectivity index (χ3v) is 9.37. The molecule has 1 aliphatic heterocycles. The van der Waals surface area contributed by atoms with E-state index >= 15 is 0 Å². The number of morpholine rings is 1. The van der Waals surface area contributed by atoms with Crippen LogP contribution in [0, 0.1) is 29.1 Å². The number of aliphatic hydroxyl groups excluding tert-OH is 2. The fourth-order valence-corrected chi connectivity index (χ4v) is 7.74. The third-order valence-electron chi connectivity index (χ3n) is 9.37. The summed E-state index contributed by atoms with van der Waals surface area (Å²) in [5.74, 6) is 2.84. The Morgan fingerprint density at radius 1 is 1.12 bits per heavy atom. The smallest absolute Gasteiger partial charge is 0.0624 e. The van der Waals surface area contributed by atoms with E-state index in [9.17, 15) is 10.2 Å². The van der Waals surface area contributed by atoms with Gasteiger partial charge in [0.05, 0.1) is 25.4 Å². The van der Waals surface area contributed by atoms with E-state index < -0.39 is 0 Å². The lowest BCUT2D eigenvalue weighted by molar-refractivity contribution is -0.0389. The summed E-state index contributed by atoms with van der Waals surface area (Å²) in [7, 11) is 0. The molecule has 4 rings (SSSR count). The van der Waals surface area contributed by atoms with Gasteiger partial charge in [0, 0.05) is 19.1 Å². The molecule has 1 unspecified atom stereocenters. The zero-order valence-electron chi connectivity index (χ0n) is 20.9. The number of allylic oxidation sites excluding steroid dienone is 3. The van der Waals surface area contributed by atoms with E-state index in [1.54, 1.807) is 5.57 Å². The number of nitrogens with zero attached hydrogens (tertiary/aromatic N) is 1. The van der Waals surface area contributed by atoms with Crippen LogP contribution in [0.2, 0.25) is 0 Å². The van der Waals surface area contributed by atoms with Crippen LogP contribution in [0.1, 0.15) is 79.1 Å². The van der Waals surface area contributed by atoms with E-state index in [-0.39, 0.29) is 12.2 Å². The number of fused-ring (bicyclic) bond motifs is 1. The first kappa shape index (κ1) is 24.4. The number of rotatable bonds is 5. The molecule has 3 aliphatic carbocycles. The highest BCUT2D eigenvalue weighted by Crippen LogP contribution is 2.59. The van der Waals surface area contributed by atoms with Crippen LogP contribution in [0.25, 0.3) is 0 Å². The van der Waals surface area contributed by atoms with Crippen LogP contribution in [0.15, 0.2) is 23.3 Å². The fourth-order valence-electron chi connectivity index (χ4n) is 7.74. The molecule has 0 aromatic heterocycles. The van der Waals surface area contributed by atoms with Gasteiger partial charge in [-0.25, -0.2) is 0 Å². The van der Waals surface area contributed by atoms with Crippen molar-refractivity contribution in [3.05, 3.63) is 23.3 Å². The van der Waals surface area contributed by atoms with Crippen LogP contribution in [0.4, 0.5) is 0 Å². The second kappa shape index (κ2) is 10.3. The second-order valence-electron chi connectivity index (χ2n) is 12.0. The molecule has 0 amide bonds. The molecule has 0 aromatic rings. The van der Waals surface area contributed by atoms with Crippen molar-refractivity contribution in [1.29, 1.82) is 0 Å². The Morgan fingerprint density at radius 3 is 2.59 bits per heavy atom. The summed E-state index contributed by atoms with van der Waals surface area (Å²) in [6, 6.07) is 0.561. The van der Waals surface area contributed by atoms with Crippen LogP contribution in [0.3, 0.4) is 0 Å². The zero-order chi connectivity index (χ0) is 22.9. The third kappa shape index (κ3) is 5.19. The minimum atomic E-state index is -0.383. The number of hydrogen-bond donors (Lipinski definition) is 2. The van der Waals surface area contributed by atoms with Crippen LogP contribution in [0.5, 0.6) is 0 Å². The lowest BCUT2D eigenvalue weighted by atomic mass is 9.61. The molecule has 0 radical (unpaired) electrons. The lowest BCUT2D eigenvalue weighted by Crippen LogP contribution is -2.51. The van der Waals surface area contributed by atoms with Crippen molar-refractivity contribution in [1.82, 2.24) is 4.90 Å². The highest BCUT2D eigenvalue weighted by atomic mass is 16.5. The molecule has 3 saturated carbocycles. The molecule has 4 heteroatoms. The molecule has 2 N–H and O–H groups in total. The van der Waals surface area contributed by atoms with Gasteiger partial charge in [-0.3, -0.25) is 4.90 Å². The molecule has 4 aliphatic rings. The summed E-state index contributed by atoms with van der Waals surface area (Å²) in [6.45, 7) is 13.8. The van der Waals surface area contributed by atoms with Crippen molar-refractivity contribution in [2.75, 3.05) is 26.3 Å². The minimum Gasteiger partial charge on any atom is -0.393 e. The predicted octanol–water partition coefficient (Wildman–Crippen LogP) is 4.95. The monoisotopic (exact) mass is 445 g/mol. The number of ether oxygens (including phenoxy) is 1. The maximum Gasteiger partial charge on any atom is 0.0624 e. The van der Waals surface area contributed by atoms with Crippen LogP contribution < -0.4 is 0 Å². The maximum atomic E-state index is 10.0.